The first-order valence-electron chi connectivity index (χ1n) is 8.28. The average Bonchev–Trinajstić information content (AvgIpc) is 2.90. The highest BCUT2D eigenvalue weighted by atomic mass is 35.5. The van der Waals surface area contributed by atoms with Crippen molar-refractivity contribution in [3.8, 4) is 0 Å². The van der Waals surface area contributed by atoms with E-state index in [4.69, 9.17) is 16.1 Å². The number of hydrogen-bond acceptors (Lipinski definition) is 4. The smallest absolute Gasteiger partial charge is 0.256 e. The molecule has 1 aromatic heterocycles. The topological polar surface area (TPSA) is 58.4 Å². The van der Waals surface area contributed by atoms with Crippen molar-refractivity contribution < 1.29 is 9.32 Å². The van der Waals surface area contributed by atoms with Crippen LogP contribution in [-0.4, -0.2) is 36.6 Å². The fraction of sp³-hybridized carbons (Fsp3) is 0.474. The van der Waals surface area contributed by atoms with Gasteiger partial charge in [-0.25, -0.2) is 0 Å². The number of hydrogen-bond donors (Lipinski definition) is 1. The lowest BCUT2D eigenvalue weighted by Crippen LogP contribution is -2.35. The molecule has 1 amide bonds. The van der Waals surface area contributed by atoms with E-state index in [1.165, 1.54) is 0 Å². The molecule has 2 aromatic rings. The van der Waals surface area contributed by atoms with Gasteiger partial charge >= 0.3 is 0 Å². The molecule has 2 rings (SSSR count). The van der Waals surface area contributed by atoms with E-state index in [-0.39, 0.29) is 17.4 Å². The van der Waals surface area contributed by atoms with Gasteiger partial charge in [0.15, 0.2) is 0 Å². The molecule has 0 spiro atoms. The van der Waals surface area contributed by atoms with Gasteiger partial charge in [-0.05, 0) is 38.7 Å². The van der Waals surface area contributed by atoms with Crippen molar-refractivity contribution in [3.63, 3.8) is 0 Å². The molecule has 0 aliphatic rings. The Morgan fingerprint density at radius 2 is 1.88 bits per heavy atom. The van der Waals surface area contributed by atoms with Gasteiger partial charge in [-0.1, -0.05) is 49.7 Å². The monoisotopic (exact) mass is 363 g/mol. The van der Waals surface area contributed by atoms with Crippen molar-refractivity contribution >= 4 is 17.5 Å². The third-order valence-electron chi connectivity index (χ3n) is 4.13. The molecule has 0 saturated carbocycles. The van der Waals surface area contributed by atoms with Gasteiger partial charge in [-0.15, -0.1) is 0 Å². The first-order valence-corrected chi connectivity index (χ1v) is 8.66. The summed E-state index contributed by atoms with van der Waals surface area (Å²) in [5.74, 6) is 0.375. The molecule has 5 nitrogen and oxygen atoms in total. The van der Waals surface area contributed by atoms with Gasteiger partial charge in [0, 0.05) is 17.0 Å². The van der Waals surface area contributed by atoms with E-state index in [0.29, 0.717) is 28.6 Å². The van der Waals surface area contributed by atoms with Crippen LogP contribution in [0.2, 0.25) is 5.02 Å². The molecule has 1 N–H and O–H groups in total. The molecule has 1 unspecified atom stereocenters. The Labute approximate surface area is 154 Å². The van der Waals surface area contributed by atoms with Gasteiger partial charge in [0.2, 0.25) is 0 Å². The molecule has 1 aromatic carbocycles. The van der Waals surface area contributed by atoms with Crippen molar-refractivity contribution in [3.05, 3.63) is 51.9 Å². The highest BCUT2D eigenvalue weighted by Gasteiger charge is 2.29. The number of aromatic nitrogens is 1. The van der Waals surface area contributed by atoms with Crippen LogP contribution in [0.4, 0.5) is 0 Å². The van der Waals surface area contributed by atoms with E-state index < -0.39 is 0 Å². The van der Waals surface area contributed by atoms with Crippen LogP contribution in [-0.2, 0) is 5.41 Å². The highest BCUT2D eigenvalue weighted by molar-refractivity contribution is 6.30. The molecule has 25 heavy (non-hydrogen) atoms. The van der Waals surface area contributed by atoms with Crippen LogP contribution in [0, 0.1) is 6.92 Å². The Morgan fingerprint density at radius 3 is 2.40 bits per heavy atom. The molecule has 1 heterocycles. The first-order chi connectivity index (χ1) is 11.6. The Bertz CT molecular complexity index is 730. The molecule has 0 bridgehead atoms. The van der Waals surface area contributed by atoms with Crippen LogP contribution in [0.5, 0.6) is 0 Å². The summed E-state index contributed by atoms with van der Waals surface area (Å²) < 4.78 is 5.26. The normalized spacial score (nSPS) is 13.1. The van der Waals surface area contributed by atoms with Crippen LogP contribution in [0.1, 0.15) is 54.2 Å². The summed E-state index contributed by atoms with van der Waals surface area (Å²) in [6.45, 7) is 8.27. The second-order valence-corrected chi connectivity index (χ2v) is 7.89. The maximum absolute atomic E-state index is 12.8. The van der Waals surface area contributed by atoms with Crippen LogP contribution < -0.4 is 5.32 Å². The molecule has 0 fully saturated rings. The summed E-state index contributed by atoms with van der Waals surface area (Å²) in [5, 5.41) is 7.79. The van der Waals surface area contributed by atoms with Crippen molar-refractivity contribution in [2.24, 2.45) is 0 Å². The number of rotatable bonds is 5. The van der Waals surface area contributed by atoms with Gasteiger partial charge in [0.1, 0.15) is 17.0 Å². The quantitative estimate of drug-likeness (QED) is 0.873. The van der Waals surface area contributed by atoms with E-state index in [9.17, 15) is 4.79 Å². The molecule has 1 atom stereocenters. The molecular formula is C19H26ClN3O2. The van der Waals surface area contributed by atoms with Crippen molar-refractivity contribution in [2.45, 2.75) is 39.2 Å². The number of nitrogens with zero attached hydrogens (tertiary/aromatic N) is 2. The predicted molar refractivity (Wildman–Crippen MR) is 100 cm³/mol. The van der Waals surface area contributed by atoms with Gasteiger partial charge in [0.05, 0.1) is 6.04 Å². The summed E-state index contributed by atoms with van der Waals surface area (Å²) in [5.41, 5.74) is 2.03. The maximum Gasteiger partial charge on any atom is 0.256 e. The standard InChI is InChI=1S/C19H26ClN3O2/c1-12-16(17(22-25-12)19(2,3)4)18(24)21-11-15(23(5)6)13-7-9-14(20)10-8-13/h7-10,15H,11H2,1-6H3,(H,21,24). The van der Waals surface area contributed by atoms with Crippen LogP contribution in [0.25, 0.3) is 0 Å². The van der Waals surface area contributed by atoms with E-state index >= 15 is 0 Å². The van der Waals surface area contributed by atoms with Gasteiger partial charge in [-0.3, -0.25) is 4.79 Å². The highest BCUT2D eigenvalue weighted by Crippen LogP contribution is 2.27. The van der Waals surface area contributed by atoms with Crippen LogP contribution >= 0.6 is 11.6 Å². The lowest BCUT2D eigenvalue weighted by molar-refractivity contribution is 0.0938. The van der Waals surface area contributed by atoms with E-state index in [1.54, 1.807) is 6.92 Å². The Hall–Kier alpha value is -1.85. The molecule has 6 heteroatoms. The molecule has 0 aliphatic carbocycles. The second kappa shape index (κ2) is 7.58. The molecule has 0 radical (unpaired) electrons. The number of benzene rings is 1. The van der Waals surface area contributed by atoms with Crippen LogP contribution in [0.3, 0.4) is 0 Å². The number of amides is 1. The minimum atomic E-state index is -0.262. The zero-order chi connectivity index (χ0) is 18.8. The lowest BCUT2D eigenvalue weighted by Gasteiger charge is -2.25. The minimum absolute atomic E-state index is 0.0412. The minimum Gasteiger partial charge on any atom is -0.361 e. The van der Waals surface area contributed by atoms with E-state index in [1.807, 2.05) is 59.1 Å². The van der Waals surface area contributed by atoms with Crippen molar-refractivity contribution in [1.29, 1.82) is 0 Å². The van der Waals surface area contributed by atoms with Gasteiger partial charge in [0.25, 0.3) is 5.91 Å². The molecule has 0 aliphatic heterocycles. The second-order valence-electron chi connectivity index (χ2n) is 7.45. The fourth-order valence-corrected chi connectivity index (χ4v) is 2.84. The van der Waals surface area contributed by atoms with Crippen molar-refractivity contribution in [1.82, 2.24) is 15.4 Å². The van der Waals surface area contributed by atoms with E-state index in [2.05, 4.69) is 15.4 Å². The third-order valence-corrected chi connectivity index (χ3v) is 4.39. The summed E-state index contributed by atoms with van der Waals surface area (Å²) >= 11 is 5.97. The lowest BCUT2D eigenvalue weighted by atomic mass is 9.88. The SMILES string of the molecule is Cc1onc(C(C)(C)C)c1C(=O)NCC(c1ccc(Cl)cc1)N(C)C. The third kappa shape index (κ3) is 4.61. The van der Waals surface area contributed by atoms with Crippen LogP contribution in [0.15, 0.2) is 28.8 Å². The molecule has 0 saturated heterocycles. The number of nitrogens with one attached hydrogen (secondary N) is 1. The summed E-state index contributed by atoms with van der Waals surface area (Å²) in [4.78, 5) is 14.8. The van der Waals surface area contributed by atoms with Gasteiger partial charge in [-0.2, -0.15) is 0 Å². The summed E-state index contributed by atoms with van der Waals surface area (Å²) in [6.07, 6.45) is 0. The fourth-order valence-electron chi connectivity index (χ4n) is 2.71. The summed E-state index contributed by atoms with van der Waals surface area (Å²) in [7, 11) is 3.97. The number of aryl methyl sites for hydroxylation is 1. The number of halogens is 1. The molecule has 136 valence electrons. The molecular weight excluding hydrogens is 338 g/mol. The number of likely N-dealkylation sites (N-methyl/N-ethyl adjacent to an activating group) is 1. The Kier molecular flexibility index (Phi) is 5.91. The zero-order valence-electron chi connectivity index (χ0n) is 15.7. The average molecular weight is 364 g/mol. The number of carbonyl (C=O) groups excluding carboxylic acids is 1. The summed E-state index contributed by atoms with van der Waals surface area (Å²) in [6, 6.07) is 7.71. The first kappa shape index (κ1) is 19.5. The van der Waals surface area contributed by atoms with Gasteiger partial charge < -0.3 is 14.7 Å². The largest absolute Gasteiger partial charge is 0.361 e. The predicted octanol–water partition coefficient (Wildman–Crippen LogP) is 3.97. The Balaban J connectivity index is 2.18. The van der Waals surface area contributed by atoms with E-state index in [0.717, 1.165) is 5.56 Å². The number of carbonyl (C=O) groups is 1. The van der Waals surface area contributed by atoms with Crippen molar-refractivity contribution in [2.75, 3.05) is 20.6 Å². The Morgan fingerprint density at radius 1 is 1.28 bits per heavy atom. The maximum atomic E-state index is 12.8. The zero-order valence-corrected chi connectivity index (χ0v) is 16.4.